The van der Waals surface area contributed by atoms with Crippen molar-refractivity contribution in [1.82, 2.24) is 0 Å². The molecule has 0 aliphatic heterocycles. The van der Waals surface area contributed by atoms with Crippen molar-refractivity contribution in [2.75, 3.05) is 11.1 Å². The summed E-state index contributed by atoms with van der Waals surface area (Å²) in [4.78, 5) is 12.3. The molecule has 20 heavy (non-hydrogen) atoms. The fourth-order valence-electron chi connectivity index (χ4n) is 1.87. The maximum atomic E-state index is 12.3. The van der Waals surface area contributed by atoms with Gasteiger partial charge < -0.3 is 11.1 Å². The van der Waals surface area contributed by atoms with Gasteiger partial charge in [-0.15, -0.1) is 0 Å². The Morgan fingerprint density at radius 3 is 2.55 bits per heavy atom. The van der Waals surface area contributed by atoms with Gasteiger partial charge in [-0.1, -0.05) is 11.6 Å². The Hall–Kier alpha value is -1.52. The molecule has 0 fully saturated rings. The number of nitrogen functional groups attached to an aromatic ring is 1. The van der Waals surface area contributed by atoms with E-state index in [1.54, 1.807) is 24.3 Å². The number of hydrogen-bond acceptors (Lipinski definition) is 2. The van der Waals surface area contributed by atoms with Crippen LogP contribution in [0.2, 0.25) is 5.02 Å². The van der Waals surface area contributed by atoms with Gasteiger partial charge in [-0.05, 0) is 71.2 Å². The van der Waals surface area contributed by atoms with Gasteiger partial charge in [-0.2, -0.15) is 0 Å². The lowest BCUT2D eigenvalue weighted by molar-refractivity contribution is 0.102. The van der Waals surface area contributed by atoms with E-state index >= 15 is 0 Å². The van der Waals surface area contributed by atoms with E-state index in [0.29, 0.717) is 22.0 Å². The van der Waals surface area contributed by atoms with Crippen LogP contribution < -0.4 is 11.1 Å². The third-order valence-corrected chi connectivity index (χ3v) is 4.05. The second-order valence-corrected chi connectivity index (χ2v) is 5.87. The number of carbonyl (C=O) groups excluding carboxylic acids is 1. The lowest BCUT2D eigenvalue weighted by Crippen LogP contribution is -2.14. The van der Waals surface area contributed by atoms with Crippen LogP contribution in [0.1, 0.15) is 21.5 Å². The number of hydrogen-bond donors (Lipinski definition) is 2. The van der Waals surface area contributed by atoms with Crippen LogP contribution in [-0.4, -0.2) is 5.91 Å². The molecule has 2 rings (SSSR count). The molecule has 104 valence electrons. The summed E-state index contributed by atoms with van der Waals surface area (Å²) in [5.74, 6) is -0.192. The molecule has 0 saturated heterocycles. The van der Waals surface area contributed by atoms with Crippen molar-refractivity contribution in [3.63, 3.8) is 0 Å². The lowest BCUT2D eigenvalue weighted by atomic mass is 10.1. The second-order valence-electron chi connectivity index (χ2n) is 4.61. The molecule has 2 aromatic rings. The summed E-state index contributed by atoms with van der Waals surface area (Å²) in [5, 5.41) is 3.45. The fourth-order valence-corrected chi connectivity index (χ4v) is 2.59. The summed E-state index contributed by atoms with van der Waals surface area (Å²) < 4.78 is 0.792. The van der Waals surface area contributed by atoms with Gasteiger partial charge in [0.25, 0.3) is 5.91 Å². The molecule has 1 amide bonds. The van der Waals surface area contributed by atoms with Crippen LogP contribution in [0.15, 0.2) is 34.8 Å². The van der Waals surface area contributed by atoms with E-state index in [1.165, 1.54) is 0 Å². The van der Waals surface area contributed by atoms with Crippen molar-refractivity contribution in [2.24, 2.45) is 0 Å². The molecule has 0 spiro atoms. The van der Waals surface area contributed by atoms with E-state index in [9.17, 15) is 4.79 Å². The molecular weight excluding hydrogens is 340 g/mol. The van der Waals surface area contributed by atoms with Crippen LogP contribution in [0, 0.1) is 13.8 Å². The lowest BCUT2D eigenvalue weighted by Gasteiger charge is -2.11. The standard InChI is InChI=1S/C15H14BrClN2O/c1-8-5-10(18)3-4-11(8)15(20)19-14-7-13(17)9(2)6-12(14)16/h3-7H,18H2,1-2H3,(H,19,20). The van der Waals surface area contributed by atoms with E-state index in [1.807, 2.05) is 19.9 Å². The highest BCUT2D eigenvalue weighted by Crippen LogP contribution is 2.29. The fraction of sp³-hybridized carbons (Fsp3) is 0.133. The normalized spacial score (nSPS) is 10.4. The van der Waals surface area contributed by atoms with Gasteiger partial charge in [-0.3, -0.25) is 4.79 Å². The van der Waals surface area contributed by atoms with Crippen molar-refractivity contribution >= 4 is 44.8 Å². The Kier molecular flexibility index (Phi) is 4.35. The molecule has 0 atom stereocenters. The van der Waals surface area contributed by atoms with Crippen molar-refractivity contribution < 1.29 is 4.79 Å². The topological polar surface area (TPSA) is 55.1 Å². The number of rotatable bonds is 2. The Morgan fingerprint density at radius 2 is 1.90 bits per heavy atom. The molecule has 0 unspecified atom stereocenters. The van der Waals surface area contributed by atoms with Gasteiger partial charge in [0.1, 0.15) is 0 Å². The van der Waals surface area contributed by atoms with Crippen molar-refractivity contribution in [1.29, 1.82) is 0 Å². The Labute approximate surface area is 131 Å². The smallest absolute Gasteiger partial charge is 0.255 e. The maximum Gasteiger partial charge on any atom is 0.255 e. The summed E-state index contributed by atoms with van der Waals surface area (Å²) in [5.41, 5.74) is 9.32. The minimum Gasteiger partial charge on any atom is -0.399 e. The van der Waals surface area contributed by atoms with Gasteiger partial charge >= 0.3 is 0 Å². The highest BCUT2D eigenvalue weighted by molar-refractivity contribution is 9.10. The zero-order chi connectivity index (χ0) is 14.9. The van der Waals surface area contributed by atoms with Gasteiger partial charge in [0.15, 0.2) is 0 Å². The third-order valence-electron chi connectivity index (χ3n) is 2.99. The monoisotopic (exact) mass is 352 g/mol. The first kappa shape index (κ1) is 14.9. The summed E-state index contributed by atoms with van der Waals surface area (Å²) in [6.45, 7) is 3.76. The first-order valence-corrected chi connectivity index (χ1v) is 7.18. The Balaban J connectivity index is 2.30. The van der Waals surface area contributed by atoms with Crippen LogP contribution in [0.3, 0.4) is 0 Å². The molecule has 2 aromatic carbocycles. The molecule has 0 radical (unpaired) electrons. The average molecular weight is 354 g/mol. The Bertz CT molecular complexity index is 686. The molecular formula is C15H14BrClN2O. The molecule has 3 nitrogen and oxygen atoms in total. The number of aryl methyl sites for hydroxylation is 2. The van der Waals surface area contributed by atoms with Gasteiger partial charge in [0.2, 0.25) is 0 Å². The van der Waals surface area contributed by atoms with E-state index in [2.05, 4.69) is 21.2 Å². The SMILES string of the molecule is Cc1cc(Br)c(NC(=O)c2ccc(N)cc2C)cc1Cl. The first-order valence-electron chi connectivity index (χ1n) is 6.01. The Morgan fingerprint density at radius 1 is 1.20 bits per heavy atom. The van der Waals surface area contributed by atoms with Crippen molar-refractivity contribution in [3.05, 3.63) is 56.5 Å². The number of benzene rings is 2. The predicted molar refractivity (Wildman–Crippen MR) is 87.4 cm³/mol. The highest BCUT2D eigenvalue weighted by Gasteiger charge is 2.12. The number of nitrogens with two attached hydrogens (primary N) is 1. The summed E-state index contributed by atoms with van der Waals surface area (Å²) in [6, 6.07) is 8.79. The van der Waals surface area contributed by atoms with Gasteiger partial charge in [0, 0.05) is 20.7 Å². The molecule has 0 heterocycles. The van der Waals surface area contributed by atoms with Crippen LogP contribution in [-0.2, 0) is 0 Å². The van der Waals surface area contributed by atoms with Crippen LogP contribution in [0.25, 0.3) is 0 Å². The second kappa shape index (κ2) is 5.85. The molecule has 0 saturated carbocycles. The molecule has 0 aliphatic rings. The van der Waals surface area contributed by atoms with Crippen LogP contribution in [0.4, 0.5) is 11.4 Å². The predicted octanol–water partition coefficient (Wildman–Crippen LogP) is 4.55. The van der Waals surface area contributed by atoms with Crippen LogP contribution in [0.5, 0.6) is 0 Å². The van der Waals surface area contributed by atoms with Crippen LogP contribution >= 0.6 is 27.5 Å². The zero-order valence-electron chi connectivity index (χ0n) is 11.1. The quantitative estimate of drug-likeness (QED) is 0.778. The van der Waals surface area contributed by atoms with E-state index in [0.717, 1.165) is 15.6 Å². The number of amides is 1. The van der Waals surface area contributed by atoms with Gasteiger partial charge in [0.05, 0.1) is 5.69 Å². The summed E-state index contributed by atoms with van der Waals surface area (Å²) in [7, 11) is 0. The van der Waals surface area contributed by atoms with Gasteiger partial charge in [-0.25, -0.2) is 0 Å². The minimum absolute atomic E-state index is 0.192. The number of halogens is 2. The molecule has 0 bridgehead atoms. The molecule has 3 N–H and O–H groups in total. The summed E-state index contributed by atoms with van der Waals surface area (Å²) >= 11 is 9.50. The third kappa shape index (κ3) is 3.14. The zero-order valence-corrected chi connectivity index (χ0v) is 13.5. The maximum absolute atomic E-state index is 12.3. The largest absolute Gasteiger partial charge is 0.399 e. The molecule has 0 aliphatic carbocycles. The molecule has 0 aromatic heterocycles. The number of anilines is 2. The van der Waals surface area contributed by atoms with Crippen molar-refractivity contribution in [3.8, 4) is 0 Å². The number of nitrogens with one attached hydrogen (secondary N) is 1. The highest BCUT2D eigenvalue weighted by atomic mass is 79.9. The minimum atomic E-state index is -0.192. The first-order chi connectivity index (χ1) is 9.38. The van der Waals surface area contributed by atoms with E-state index in [-0.39, 0.29) is 5.91 Å². The van der Waals surface area contributed by atoms with E-state index in [4.69, 9.17) is 17.3 Å². The summed E-state index contributed by atoms with van der Waals surface area (Å²) in [6.07, 6.45) is 0. The molecule has 5 heteroatoms. The van der Waals surface area contributed by atoms with E-state index < -0.39 is 0 Å². The number of carbonyl (C=O) groups is 1. The van der Waals surface area contributed by atoms with Crippen molar-refractivity contribution in [2.45, 2.75) is 13.8 Å². The average Bonchev–Trinajstić information content (AvgIpc) is 2.35.